The molecule has 0 saturated carbocycles. The first-order valence-corrected chi connectivity index (χ1v) is 7.37. The fourth-order valence-electron chi connectivity index (χ4n) is 1.46. The van der Waals surface area contributed by atoms with Crippen LogP contribution < -0.4 is 11.2 Å². The van der Waals surface area contributed by atoms with Crippen molar-refractivity contribution in [3.63, 3.8) is 0 Å². The summed E-state index contributed by atoms with van der Waals surface area (Å²) in [7, 11) is 0. The van der Waals surface area contributed by atoms with Gasteiger partial charge in [-0.05, 0) is 6.42 Å². The van der Waals surface area contributed by atoms with Crippen molar-refractivity contribution in [3.8, 4) is 0 Å². The van der Waals surface area contributed by atoms with Crippen LogP contribution in [-0.2, 0) is 40.1 Å². The number of hydrogen-bond donors (Lipinski definition) is 1. The van der Waals surface area contributed by atoms with Gasteiger partial charge in [0.1, 0.15) is 13.2 Å². The van der Waals surface area contributed by atoms with Gasteiger partial charge in [0.25, 0.3) is 5.56 Å². The summed E-state index contributed by atoms with van der Waals surface area (Å²) >= 11 is 0. The molecule has 1 N–H and O–H groups in total. The lowest BCUT2D eigenvalue weighted by Gasteiger charge is -2.08. The van der Waals surface area contributed by atoms with Crippen molar-refractivity contribution in [1.82, 2.24) is 9.55 Å². The van der Waals surface area contributed by atoms with E-state index < -0.39 is 61.7 Å². The maximum Gasteiger partial charge on any atom is 0.334 e. The summed E-state index contributed by atoms with van der Waals surface area (Å²) in [5, 5.41) is 0. The van der Waals surface area contributed by atoms with Gasteiger partial charge in [-0.3, -0.25) is 19.1 Å². The molecule has 1 aromatic rings. The maximum atomic E-state index is 13.0. The molecule has 26 heavy (non-hydrogen) atoms. The highest BCUT2D eigenvalue weighted by Crippen LogP contribution is 1.93. The maximum absolute atomic E-state index is 13.0. The van der Waals surface area contributed by atoms with Gasteiger partial charge in [-0.1, -0.05) is 6.92 Å². The fourth-order valence-corrected chi connectivity index (χ4v) is 1.46. The highest BCUT2D eigenvalue weighted by atomic mass is 19.1. The Balaban J connectivity index is 2.23. The lowest BCUT2D eigenvalue weighted by molar-refractivity contribution is -0.171. The number of aromatic nitrogens is 2. The molecule has 12 heteroatoms. The summed E-state index contributed by atoms with van der Waals surface area (Å²) in [6.45, 7) is -0.693. The van der Waals surface area contributed by atoms with Crippen LogP contribution in [0.2, 0.25) is 0 Å². The predicted octanol–water partition coefficient (Wildman–Crippen LogP) is -0.963. The summed E-state index contributed by atoms with van der Waals surface area (Å²) < 4.78 is 32.1. The van der Waals surface area contributed by atoms with Gasteiger partial charge in [-0.25, -0.2) is 14.4 Å². The van der Waals surface area contributed by atoms with Crippen LogP contribution in [0.3, 0.4) is 0 Å². The van der Waals surface area contributed by atoms with Gasteiger partial charge in [-0.15, -0.1) is 0 Å². The van der Waals surface area contributed by atoms with Crippen LogP contribution in [-0.4, -0.2) is 47.5 Å². The minimum Gasteiger partial charge on any atom is -0.442 e. The van der Waals surface area contributed by atoms with Gasteiger partial charge < -0.3 is 18.9 Å². The van der Waals surface area contributed by atoms with Crippen molar-refractivity contribution in [3.05, 3.63) is 32.9 Å². The smallest absolute Gasteiger partial charge is 0.334 e. The molecule has 0 aromatic carbocycles. The Morgan fingerprint density at radius 3 is 2.35 bits per heavy atom. The third-order valence-corrected chi connectivity index (χ3v) is 2.67. The molecule has 0 aliphatic carbocycles. The molecular formula is C14H17FN2O9. The molecule has 11 nitrogen and oxygen atoms in total. The van der Waals surface area contributed by atoms with Gasteiger partial charge >= 0.3 is 23.6 Å². The lowest BCUT2D eigenvalue weighted by Crippen LogP contribution is -2.32. The molecule has 0 amide bonds. The van der Waals surface area contributed by atoms with Crippen LogP contribution in [0, 0.1) is 5.82 Å². The van der Waals surface area contributed by atoms with Gasteiger partial charge in [-0.2, -0.15) is 4.39 Å². The van der Waals surface area contributed by atoms with E-state index in [2.05, 4.69) is 14.2 Å². The zero-order valence-electron chi connectivity index (χ0n) is 13.8. The van der Waals surface area contributed by atoms with E-state index in [1.165, 1.54) is 0 Å². The summed E-state index contributed by atoms with van der Waals surface area (Å²) in [6, 6.07) is 0. The largest absolute Gasteiger partial charge is 0.442 e. The standard InChI is InChI=1S/C14H17FN2O9/c1-2-3-10(18)25-8-26-12(20)6-23-5-11(19)24-7-17-4-9(15)13(21)16-14(17)22/h4H,2-3,5-8H2,1H3,(H,16,21,22). The second-order valence-electron chi connectivity index (χ2n) is 4.74. The second kappa shape index (κ2) is 10.8. The Labute approximate surface area is 145 Å². The first kappa shape index (κ1) is 21.0. The van der Waals surface area contributed by atoms with Crippen molar-refractivity contribution in [2.75, 3.05) is 20.0 Å². The topological polar surface area (TPSA) is 143 Å². The molecule has 0 aliphatic heterocycles. The molecule has 0 radical (unpaired) electrons. The molecule has 1 aromatic heterocycles. The van der Waals surface area contributed by atoms with Crippen LogP contribution >= 0.6 is 0 Å². The van der Waals surface area contributed by atoms with E-state index in [1.807, 2.05) is 0 Å². The Morgan fingerprint density at radius 1 is 1.08 bits per heavy atom. The number of rotatable bonds is 10. The molecule has 144 valence electrons. The first-order valence-electron chi connectivity index (χ1n) is 7.37. The SMILES string of the molecule is CCCC(=O)OCOC(=O)COCC(=O)OCn1cc(F)c(=O)[nH]c1=O. The van der Waals surface area contributed by atoms with Crippen molar-refractivity contribution in [1.29, 1.82) is 0 Å². The summed E-state index contributed by atoms with van der Waals surface area (Å²) in [4.78, 5) is 57.5. The number of H-pyrrole nitrogens is 1. The van der Waals surface area contributed by atoms with E-state index in [9.17, 15) is 28.4 Å². The summed E-state index contributed by atoms with van der Waals surface area (Å²) in [5.41, 5.74) is -2.16. The van der Waals surface area contributed by atoms with E-state index in [4.69, 9.17) is 4.74 Å². The Kier molecular flexibility index (Phi) is 8.70. The molecule has 0 atom stereocenters. The number of nitrogens with one attached hydrogen (secondary N) is 1. The number of carbonyl (C=O) groups is 3. The van der Waals surface area contributed by atoms with Crippen molar-refractivity contribution >= 4 is 17.9 Å². The van der Waals surface area contributed by atoms with E-state index in [-0.39, 0.29) is 6.42 Å². The van der Waals surface area contributed by atoms with Crippen molar-refractivity contribution in [2.24, 2.45) is 0 Å². The number of carbonyl (C=O) groups excluding carboxylic acids is 3. The molecule has 0 aliphatic rings. The molecule has 1 heterocycles. The zero-order chi connectivity index (χ0) is 19.5. The van der Waals surface area contributed by atoms with Crippen LogP contribution in [0.1, 0.15) is 19.8 Å². The third kappa shape index (κ3) is 7.70. The van der Waals surface area contributed by atoms with Crippen molar-refractivity contribution in [2.45, 2.75) is 26.5 Å². The average Bonchev–Trinajstić information content (AvgIpc) is 2.57. The predicted molar refractivity (Wildman–Crippen MR) is 80.2 cm³/mol. The van der Waals surface area contributed by atoms with Crippen LogP contribution in [0.25, 0.3) is 0 Å². The van der Waals surface area contributed by atoms with Crippen LogP contribution in [0.5, 0.6) is 0 Å². The van der Waals surface area contributed by atoms with E-state index in [1.54, 1.807) is 11.9 Å². The first-order chi connectivity index (χ1) is 12.3. The fraction of sp³-hybridized carbons (Fsp3) is 0.500. The number of esters is 3. The zero-order valence-corrected chi connectivity index (χ0v) is 13.8. The van der Waals surface area contributed by atoms with Crippen LogP contribution in [0.15, 0.2) is 15.8 Å². The molecule has 0 unspecified atom stereocenters. The minimum absolute atomic E-state index is 0.197. The average molecular weight is 376 g/mol. The summed E-state index contributed by atoms with van der Waals surface area (Å²) in [5.74, 6) is -3.57. The van der Waals surface area contributed by atoms with Crippen LogP contribution in [0.4, 0.5) is 4.39 Å². The van der Waals surface area contributed by atoms with Gasteiger partial charge in [0.2, 0.25) is 12.6 Å². The number of hydrogen-bond acceptors (Lipinski definition) is 9. The highest BCUT2D eigenvalue weighted by Gasteiger charge is 2.10. The molecule has 0 bridgehead atoms. The third-order valence-electron chi connectivity index (χ3n) is 2.67. The lowest BCUT2D eigenvalue weighted by atomic mass is 10.3. The molecule has 0 fully saturated rings. The highest BCUT2D eigenvalue weighted by molar-refractivity contribution is 5.73. The Morgan fingerprint density at radius 2 is 1.69 bits per heavy atom. The minimum atomic E-state index is -1.22. The van der Waals surface area contributed by atoms with E-state index >= 15 is 0 Å². The van der Waals surface area contributed by atoms with Gasteiger partial charge in [0, 0.05) is 6.42 Å². The summed E-state index contributed by atoms with van der Waals surface area (Å²) in [6.07, 6.45) is 1.37. The Hall–Kier alpha value is -3.02. The number of ether oxygens (including phenoxy) is 4. The normalized spacial score (nSPS) is 10.2. The quantitative estimate of drug-likeness (QED) is 0.403. The monoisotopic (exact) mass is 376 g/mol. The molecule has 1 rings (SSSR count). The number of halogens is 1. The van der Waals surface area contributed by atoms with Crippen molar-refractivity contribution < 1.29 is 37.7 Å². The molecular weight excluding hydrogens is 359 g/mol. The number of nitrogens with zero attached hydrogens (tertiary/aromatic N) is 1. The number of aromatic amines is 1. The Bertz CT molecular complexity index is 756. The van der Waals surface area contributed by atoms with Gasteiger partial charge in [0.15, 0.2) is 6.73 Å². The molecule has 0 spiro atoms. The molecule has 0 saturated heterocycles. The van der Waals surface area contributed by atoms with Gasteiger partial charge in [0.05, 0.1) is 6.20 Å². The van der Waals surface area contributed by atoms with E-state index in [0.29, 0.717) is 17.2 Å². The second-order valence-corrected chi connectivity index (χ2v) is 4.74. The van der Waals surface area contributed by atoms with E-state index in [0.717, 1.165) is 0 Å².